The monoisotopic (exact) mass is 592 g/mol. The maximum atomic E-state index is 13.6. The minimum absolute atomic E-state index is 0.114. The number of benzene rings is 1. The van der Waals surface area contributed by atoms with Crippen molar-refractivity contribution in [2.24, 2.45) is 0 Å². The fourth-order valence-electron chi connectivity index (χ4n) is 5.16. The molecule has 0 bridgehead atoms. The number of carbonyl (C=O) groups excluding carboxylic acids is 1. The Morgan fingerprint density at radius 3 is 2.60 bits per heavy atom. The van der Waals surface area contributed by atoms with E-state index in [0.29, 0.717) is 42.7 Å². The zero-order valence-electron chi connectivity index (χ0n) is 25.2. The number of hydrogen-bond acceptors (Lipinski definition) is 9. The number of carbonyl (C=O) groups is 1. The Morgan fingerprint density at radius 2 is 1.93 bits per heavy atom. The second-order valence-corrected chi connectivity index (χ2v) is 11.9. The summed E-state index contributed by atoms with van der Waals surface area (Å²) < 4.78 is 32.0. The molecular formula is C31H38F2N8O2. The van der Waals surface area contributed by atoms with Gasteiger partial charge in [-0.3, -0.25) is 9.78 Å². The average Bonchev–Trinajstić information content (AvgIpc) is 3.77. The first-order valence-electron chi connectivity index (χ1n) is 14.3. The van der Waals surface area contributed by atoms with Gasteiger partial charge in [0.25, 0.3) is 0 Å². The highest BCUT2D eigenvalue weighted by molar-refractivity contribution is 6.02. The van der Waals surface area contributed by atoms with Crippen molar-refractivity contribution in [2.45, 2.75) is 44.6 Å². The number of fused-ring (bicyclic) bond motifs is 1. The zero-order valence-corrected chi connectivity index (χ0v) is 25.2. The van der Waals surface area contributed by atoms with Crippen molar-refractivity contribution in [1.29, 1.82) is 0 Å². The fourth-order valence-corrected chi connectivity index (χ4v) is 5.16. The summed E-state index contributed by atoms with van der Waals surface area (Å²) in [6.07, 6.45) is 5.12. The molecule has 1 aromatic carbocycles. The molecule has 2 aliphatic rings. The minimum atomic E-state index is -3.07. The van der Waals surface area contributed by atoms with Crippen molar-refractivity contribution in [3.05, 3.63) is 60.6 Å². The molecule has 0 unspecified atom stereocenters. The molecule has 0 radical (unpaired) electrons. The fraction of sp³-hybridized carbons (Fsp3) is 0.419. The van der Waals surface area contributed by atoms with Gasteiger partial charge in [0, 0.05) is 56.0 Å². The Kier molecular flexibility index (Phi) is 8.50. The molecule has 0 saturated heterocycles. The first-order chi connectivity index (χ1) is 20.4. The van der Waals surface area contributed by atoms with Gasteiger partial charge in [-0.05, 0) is 57.3 Å². The van der Waals surface area contributed by atoms with Gasteiger partial charge in [0.2, 0.25) is 11.9 Å². The van der Waals surface area contributed by atoms with Gasteiger partial charge < -0.3 is 30.1 Å². The van der Waals surface area contributed by atoms with Crippen molar-refractivity contribution in [3.63, 3.8) is 0 Å². The van der Waals surface area contributed by atoms with Gasteiger partial charge in [0.05, 0.1) is 28.4 Å². The summed E-state index contributed by atoms with van der Waals surface area (Å²) in [6.45, 7) is 6.73. The number of hydrogen-bond donors (Lipinski definition) is 2. The number of likely N-dealkylation sites (N-methyl/N-ethyl adjacent to an activating group) is 2. The maximum Gasteiger partial charge on any atom is 0.387 e. The molecule has 3 aromatic rings. The quantitative estimate of drug-likeness (QED) is 0.259. The molecule has 1 saturated carbocycles. The van der Waals surface area contributed by atoms with E-state index >= 15 is 0 Å². The molecule has 12 heteroatoms. The van der Waals surface area contributed by atoms with E-state index < -0.39 is 12.5 Å². The smallest absolute Gasteiger partial charge is 0.387 e. The first-order valence-corrected chi connectivity index (χ1v) is 14.3. The largest absolute Gasteiger partial charge is 0.433 e. The second kappa shape index (κ2) is 12.1. The lowest BCUT2D eigenvalue weighted by atomic mass is 9.91. The van der Waals surface area contributed by atoms with Gasteiger partial charge in [-0.2, -0.15) is 13.8 Å². The van der Waals surface area contributed by atoms with Crippen LogP contribution in [0.25, 0.3) is 0 Å². The zero-order chi connectivity index (χ0) is 30.9. The summed E-state index contributed by atoms with van der Waals surface area (Å²) in [5.74, 6) is 0.816. The van der Waals surface area contributed by atoms with Gasteiger partial charge in [0.1, 0.15) is 5.82 Å². The number of anilines is 6. The number of amides is 1. The van der Waals surface area contributed by atoms with Gasteiger partial charge in [-0.1, -0.05) is 20.4 Å². The van der Waals surface area contributed by atoms with Crippen molar-refractivity contribution < 1.29 is 18.3 Å². The average molecular weight is 593 g/mol. The summed E-state index contributed by atoms with van der Waals surface area (Å²) in [4.78, 5) is 32.4. The van der Waals surface area contributed by atoms with Crippen LogP contribution in [0.4, 0.5) is 43.3 Å². The van der Waals surface area contributed by atoms with E-state index in [4.69, 9.17) is 14.7 Å². The van der Waals surface area contributed by atoms with Crippen LogP contribution in [0.1, 0.15) is 44.0 Å². The van der Waals surface area contributed by atoms with Crippen LogP contribution in [-0.2, 0) is 10.2 Å². The lowest BCUT2D eigenvalue weighted by Crippen LogP contribution is -2.29. The summed E-state index contributed by atoms with van der Waals surface area (Å²) >= 11 is 0. The molecule has 2 aromatic heterocycles. The number of nitrogens with zero attached hydrogens (tertiary/aromatic N) is 6. The molecule has 2 N–H and O–H groups in total. The van der Waals surface area contributed by atoms with E-state index in [9.17, 15) is 13.6 Å². The van der Waals surface area contributed by atoms with E-state index in [1.807, 2.05) is 30.9 Å². The van der Waals surface area contributed by atoms with Gasteiger partial charge >= 0.3 is 6.61 Å². The van der Waals surface area contributed by atoms with Crippen LogP contribution in [0.15, 0.2) is 49.2 Å². The topological polar surface area (TPSA) is 98.8 Å². The highest BCUT2D eigenvalue weighted by Crippen LogP contribution is 2.46. The lowest BCUT2D eigenvalue weighted by Gasteiger charge is -2.26. The van der Waals surface area contributed by atoms with Crippen LogP contribution in [0.2, 0.25) is 0 Å². The number of pyridine rings is 1. The molecule has 1 amide bonds. The Labute approximate surface area is 250 Å². The molecule has 5 rings (SSSR count). The predicted octanol–water partition coefficient (Wildman–Crippen LogP) is 5.65. The van der Waals surface area contributed by atoms with E-state index in [1.54, 1.807) is 12.3 Å². The Morgan fingerprint density at radius 1 is 1.16 bits per heavy atom. The lowest BCUT2D eigenvalue weighted by molar-refractivity contribution is -0.111. The Bertz CT molecular complexity index is 1510. The van der Waals surface area contributed by atoms with E-state index in [1.165, 1.54) is 25.0 Å². The Balaban J connectivity index is 1.48. The third kappa shape index (κ3) is 6.85. The second-order valence-electron chi connectivity index (χ2n) is 11.9. The van der Waals surface area contributed by atoms with Gasteiger partial charge in [-0.15, -0.1) is 0 Å². The Hall–Kier alpha value is -4.32. The standard InChI is InChI=1S/C31H38F2N8O2/c1-7-27(42)35-21-16-22(25(43-29(32)33)17-24(21)40(6)15-14-39(4)5)37-30-34-13-12-26(38-30)41-18-31(2,3)28-23(41)11-10-20(36-28)19-8-9-19/h7,10-13,16-17,19,29H,1,8-9,14-15,18H2,2-6H3,(H,35,42)(H,34,37,38). The van der Waals surface area contributed by atoms with Crippen molar-refractivity contribution in [2.75, 3.05) is 61.2 Å². The van der Waals surface area contributed by atoms with Crippen LogP contribution in [0, 0.1) is 0 Å². The van der Waals surface area contributed by atoms with Crippen molar-refractivity contribution in [3.8, 4) is 5.75 Å². The number of ether oxygens (including phenoxy) is 1. The molecule has 0 atom stereocenters. The summed E-state index contributed by atoms with van der Waals surface area (Å²) in [6, 6.07) is 9.01. The van der Waals surface area contributed by atoms with Crippen LogP contribution in [-0.4, -0.2) is 73.1 Å². The summed E-state index contributed by atoms with van der Waals surface area (Å²) in [5.41, 5.74) is 4.03. The molecule has 228 valence electrons. The minimum Gasteiger partial charge on any atom is -0.433 e. The molecule has 1 fully saturated rings. The molecule has 0 spiro atoms. The van der Waals surface area contributed by atoms with E-state index in [0.717, 1.165) is 23.2 Å². The predicted molar refractivity (Wildman–Crippen MR) is 165 cm³/mol. The normalized spacial score (nSPS) is 15.4. The molecule has 43 heavy (non-hydrogen) atoms. The number of aromatic nitrogens is 3. The maximum absolute atomic E-state index is 13.6. The van der Waals surface area contributed by atoms with Crippen LogP contribution < -0.4 is 25.2 Å². The number of rotatable bonds is 12. The van der Waals surface area contributed by atoms with Crippen molar-refractivity contribution in [1.82, 2.24) is 19.9 Å². The SMILES string of the molecule is C=CC(=O)Nc1cc(Nc2nccc(N3CC(C)(C)c4nc(C5CC5)ccc43)n2)c(OC(F)F)cc1N(C)CCN(C)C. The third-order valence-electron chi connectivity index (χ3n) is 7.59. The highest BCUT2D eigenvalue weighted by atomic mass is 19.3. The van der Waals surface area contributed by atoms with Gasteiger partial charge in [0.15, 0.2) is 5.75 Å². The molecule has 3 heterocycles. The van der Waals surface area contributed by atoms with Crippen LogP contribution in [0.5, 0.6) is 5.75 Å². The summed E-state index contributed by atoms with van der Waals surface area (Å²) in [7, 11) is 5.68. The van der Waals surface area contributed by atoms with Crippen molar-refractivity contribution >= 4 is 40.4 Å². The molecule has 10 nitrogen and oxygen atoms in total. The highest BCUT2D eigenvalue weighted by Gasteiger charge is 2.39. The van der Waals surface area contributed by atoms with E-state index in [-0.39, 0.29) is 22.8 Å². The molecule has 1 aliphatic carbocycles. The first kappa shape index (κ1) is 30.1. The van der Waals surface area contributed by atoms with E-state index in [2.05, 4.69) is 53.1 Å². The number of nitrogens with one attached hydrogen (secondary N) is 2. The van der Waals surface area contributed by atoms with Crippen LogP contribution in [0.3, 0.4) is 0 Å². The molecule has 1 aliphatic heterocycles. The van der Waals surface area contributed by atoms with Gasteiger partial charge in [-0.25, -0.2) is 4.98 Å². The number of halogens is 2. The number of alkyl halides is 2. The third-order valence-corrected chi connectivity index (χ3v) is 7.59. The van der Waals surface area contributed by atoms with Crippen LogP contribution >= 0.6 is 0 Å². The molecular weight excluding hydrogens is 554 g/mol. The summed E-state index contributed by atoms with van der Waals surface area (Å²) in [5, 5.41) is 5.82.